The van der Waals surface area contributed by atoms with Crippen molar-refractivity contribution in [3.63, 3.8) is 0 Å². The summed E-state index contributed by atoms with van der Waals surface area (Å²) in [6, 6.07) is 7.98. The maximum Gasteiger partial charge on any atom is 0.312 e. The third-order valence-electron chi connectivity index (χ3n) is 6.57. The number of amides is 4. The van der Waals surface area contributed by atoms with E-state index in [1.54, 1.807) is 24.3 Å². The van der Waals surface area contributed by atoms with E-state index in [0.29, 0.717) is 12.0 Å². The van der Waals surface area contributed by atoms with E-state index < -0.39 is 36.0 Å². The van der Waals surface area contributed by atoms with Gasteiger partial charge in [0, 0.05) is 13.6 Å². The van der Waals surface area contributed by atoms with Gasteiger partial charge in [0.15, 0.2) is 0 Å². The average Bonchev–Trinajstić information content (AvgIpc) is 2.83. The molecule has 0 aliphatic carbocycles. The summed E-state index contributed by atoms with van der Waals surface area (Å²) in [5.41, 5.74) is 13.5. The lowest BCUT2D eigenvalue weighted by molar-refractivity contribution is -0.141. The van der Waals surface area contributed by atoms with E-state index in [0.717, 1.165) is 11.1 Å². The highest BCUT2D eigenvalue weighted by molar-refractivity contribution is 5.90. The lowest BCUT2D eigenvalue weighted by Gasteiger charge is -2.33. The van der Waals surface area contributed by atoms with Crippen molar-refractivity contribution >= 4 is 17.8 Å². The van der Waals surface area contributed by atoms with E-state index in [1.165, 1.54) is 24.1 Å². The van der Waals surface area contributed by atoms with E-state index in [2.05, 4.69) is 10.6 Å². The molecular weight excluding hydrogens is 501 g/mol. The summed E-state index contributed by atoms with van der Waals surface area (Å²) < 4.78 is 13.2. The number of phenolic OH excluding ortho intramolecular Hbond substituents is 1. The highest BCUT2D eigenvalue weighted by atomic mass is 19.1. The molecule has 3 atom stereocenters. The van der Waals surface area contributed by atoms with Crippen LogP contribution in [0.15, 0.2) is 42.5 Å². The topological polar surface area (TPSA) is 151 Å². The molecule has 0 unspecified atom stereocenters. The van der Waals surface area contributed by atoms with Gasteiger partial charge in [0.05, 0.1) is 12.1 Å². The predicted octanol–water partition coefficient (Wildman–Crippen LogP) is 2.58. The number of nitrogens with zero attached hydrogens (tertiary/aromatic N) is 1. The van der Waals surface area contributed by atoms with E-state index in [-0.39, 0.29) is 35.9 Å². The number of urea groups is 1. The van der Waals surface area contributed by atoms with Gasteiger partial charge in [0.25, 0.3) is 0 Å². The molecule has 10 heteroatoms. The average molecular weight is 544 g/mol. The Hall–Kier alpha value is -3.66. The summed E-state index contributed by atoms with van der Waals surface area (Å²) in [6.07, 6.45) is 0.542. The summed E-state index contributed by atoms with van der Waals surface area (Å²) in [6.45, 7) is 9.68. The second-order valence-corrected chi connectivity index (χ2v) is 11.3. The molecule has 0 radical (unpaired) electrons. The van der Waals surface area contributed by atoms with Crippen LogP contribution in [-0.4, -0.2) is 59.6 Å². The quantitative estimate of drug-likeness (QED) is 0.295. The van der Waals surface area contributed by atoms with E-state index in [9.17, 15) is 23.9 Å². The van der Waals surface area contributed by atoms with Crippen LogP contribution in [0.5, 0.6) is 5.75 Å². The molecule has 0 aromatic heterocycles. The molecule has 0 aliphatic heterocycles. The number of likely N-dealkylation sites (N-methyl/N-ethyl adjacent to an activating group) is 1. The van der Waals surface area contributed by atoms with Gasteiger partial charge in [-0.15, -0.1) is 0 Å². The summed E-state index contributed by atoms with van der Waals surface area (Å²) >= 11 is 0. The van der Waals surface area contributed by atoms with Crippen LogP contribution in [0.1, 0.15) is 51.3 Å². The van der Waals surface area contributed by atoms with Crippen molar-refractivity contribution in [2.75, 3.05) is 13.6 Å². The minimum absolute atomic E-state index is 0.0688. The summed E-state index contributed by atoms with van der Waals surface area (Å²) in [5.74, 6) is -1.27. The lowest BCUT2D eigenvalue weighted by atomic mass is 9.84. The number of carbonyl (C=O) groups is 3. The number of hydrogen-bond donors (Lipinski definition) is 5. The van der Waals surface area contributed by atoms with Gasteiger partial charge in [-0.1, -0.05) is 58.9 Å². The summed E-state index contributed by atoms with van der Waals surface area (Å²) in [5, 5.41) is 15.8. The number of benzene rings is 2. The van der Waals surface area contributed by atoms with Gasteiger partial charge >= 0.3 is 6.03 Å². The van der Waals surface area contributed by atoms with Crippen LogP contribution in [0.3, 0.4) is 0 Å². The number of aromatic hydroxyl groups is 1. The molecule has 0 heterocycles. The number of halogens is 1. The van der Waals surface area contributed by atoms with Crippen molar-refractivity contribution in [1.29, 1.82) is 0 Å². The van der Waals surface area contributed by atoms with Gasteiger partial charge in [0.2, 0.25) is 11.8 Å². The van der Waals surface area contributed by atoms with Crippen molar-refractivity contribution in [2.24, 2.45) is 17.4 Å². The number of nitrogens with two attached hydrogens (primary N) is 2. The number of phenols is 1. The molecule has 0 saturated heterocycles. The fourth-order valence-electron chi connectivity index (χ4n) is 4.57. The Labute approximate surface area is 230 Å². The molecule has 9 nitrogen and oxygen atoms in total. The fraction of sp³-hybridized carbons (Fsp3) is 0.483. The van der Waals surface area contributed by atoms with Gasteiger partial charge in [0.1, 0.15) is 17.6 Å². The van der Waals surface area contributed by atoms with Crippen LogP contribution >= 0.6 is 0 Å². The molecule has 2 aromatic rings. The molecule has 7 N–H and O–H groups in total. The predicted molar refractivity (Wildman–Crippen MR) is 150 cm³/mol. The number of primary amides is 1. The molecule has 0 saturated carbocycles. The molecule has 0 bridgehead atoms. The number of nitrogens with one attached hydrogen (secondary N) is 2. The third-order valence-corrected chi connectivity index (χ3v) is 6.57. The van der Waals surface area contributed by atoms with Gasteiger partial charge in [-0.25, -0.2) is 9.18 Å². The van der Waals surface area contributed by atoms with Gasteiger partial charge in [-0.3, -0.25) is 9.59 Å². The Morgan fingerprint density at radius 2 is 1.62 bits per heavy atom. The fourth-order valence-corrected chi connectivity index (χ4v) is 4.57. The first-order valence-electron chi connectivity index (χ1n) is 13.0. The third kappa shape index (κ3) is 9.24. The highest BCUT2D eigenvalue weighted by Crippen LogP contribution is 2.31. The SMILES string of the molecule is CC(C)[C@@H](C(=O)N[C@H](CNC(N)=O)Cc1ccc(O)c(C(C)(C)C)c1)N(C)C(=O)[C@@H](N)Cc1ccc(F)cc1. The first-order chi connectivity index (χ1) is 18.1. The minimum Gasteiger partial charge on any atom is -0.508 e. The normalized spacial score (nSPS) is 13.9. The second kappa shape index (κ2) is 13.4. The lowest BCUT2D eigenvalue weighted by Crippen LogP contribution is -2.57. The molecule has 2 aromatic carbocycles. The van der Waals surface area contributed by atoms with Gasteiger partial charge < -0.3 is 32.1 Å². The molecule has 214 valence electrons. The van der Waals surface area contributed by atoms with Gasteiger partial charge in [-0.2, -0.15) is 0 Å². The van der Waals surface area contributed by atoms with E-state index in [4.69, 9.17) is 11.5 Å². The monoisotopic (exact) mass is 543 g/mol. The van der Waals surface area contributed by atoms with Crippen molar-refractivity contribution in [2.45, 2.75) is 71.0 Å². The van der Waals surface area contributed by atoms with Crippen molar-refractivity contribution < 1.29 is 23.9 Å². The molecule has 39 heavy (non-hydrogen) atoms. The standard InChI is InChI=1S/C29H42FN5O4/c1-17(2)25(35(6)27(38)23(31)15-18-7-10-20(30)11-8-18)26(37)34-21(16-33-28(32)39)13-19-9-12-24(36)22(14-19)29(3,4)5/h7-12,14,17,21,23,25,36H,13,15-16,31H2,1-6H3,(H,34,37)(H3,32,33,39)/t21-,23-,25-/m0/s1. The van der Waals surface area contributed by atoms with Crippen molar-refractivity contribution in [3.8, 4) is 5.75 Å². The molecule has 2 rings (SSSR count). The van der Waals surface area contributed by atoms with Crippen molar-refractivity contribution in [1.82, 2.24) is 15.5 Å². The molecule has 4 amide bonds. The minimum atomic E-state index is -0.922. The first-order valence-corrected chi connectivity index (χ1v) is 13.0. The van der Waals surface area contributed by atoms with E-state index >= 15 is 0 Å². The summed E-state index contributed by atoms with van der Waals surface area (Å²) in [4.78, 5) is 39.4. The Morgan fingerprint density at radius 1 is 1.03 bits per heavy atom. The van der Waals surface area contributed by atoms with Crippen LogP contribution in [0.2, 0.25) is 0 Å². The highest BCUT2D eigenvalue weighted by Gasteiger charge is 2.33. The molecule has 0 fully saturated rings. The largest absolute Gasteiger partial charge is 0.508 e. The van der Waals surface area contributed by atoms with Crippen LogP contribution in [0.25, 0.3) is 0 Å². The van der Waals surface area contributed by atoms with Gasteiger partial charge in [-0.05, 0) is 59.1 Å². The molecular formula is C29H42FN5O4. The first kappa shape index (κ1) is 31.6. The maximum atomic E-state index is 13.5. The molecule has 0 spiro atoms. The van der Waals surface area contributed by atoms with Crippen LogP contribution in [0, 0.1) is 11.7 Å². The Bertz CT molecular complexity index is 1150. The van der Waals surface area contributed by atoms with Crippen molar-refractivity contribution in [3.05, 3.63) is 65.0 Å². The second-order valence-electron chi connectivity index (χ2n) is 11.3. The zero-order valence-corrected chi connectivity index (χ0v) is 23.6. The van der Waals surface area contributed by atoms with E-state index in [1.807, 2.05) is 40.7 Å². The Balaban J connectivity index is 2.21. The Kier molecular flexibility index (Phi) is 10.9. The van der Waals surface area contributed by atoms with Crippen LogP contribution < -0.4 is 22.1 Å². The Morgan fingerprint density at radius 3 is 2.15 bits per heavy atom. The zero-order chi connectivity index (χ0) is 29.5. The van der Waals surface area contributed by atoms with Crippen LogP contribution in [0.4, 0.5) is 9.18 Å². The summed E-state index contributed by atoms with van der Waals surface area (Å²) in [7, 11) is 1.53. The molecule has 0 aliphatic rings. The number of carbonyl (C=O) groups excluding carboxylic acids is 3. The zero-order valence-electron chi connectivity index (χ0n) is 23.6. The smallest absolute Gasteiger partial charge is 0.312 e. The van der Waals surface area contributed by atoms with Crippen LogP contribution in [-0.2, 0) is 27.8 Å². The number of rotatable bonds is 11. The number of hydrogen-bond acceptors (Lipinski definition) is 5. The maximum absolute atomic E-state index is 13.5.